The van der Waals surface area contributed by atoms with Crippen molar-refractivity contribution in [3.8, 4) is 5.75 Å². The van der Waals surface area contributed by atoms with Gasteiger partial charge >= 0.3 is 5.97 Å². The predicted molar refractivity (Wildman–Crippen MR) is 103 cm³/mol. The highest BCUT2D eigenvalue weighted by Gasteiger charge is 2.43. The molecule has 0 saturated heterocycles. The molecule has 142 valence electrons. The first kappa shape index (κ1) is 18.1. The maximum atomic E-state index is 11.9. The lowest BCUT2D eigenvalue weighted by atomic mass is 9.77. The number of benzene rings is 2. The molecule has 1 saturated carbocycles. The zero-order valence-corrected chi connectivity index (χ0v) is 15.4. The summed E-state index contributed by atoms with van der Waals surface area (Å²) in [6.07, 6.45) is 4.40. The number of aryl methyl sites for hydroxylation is 1. The molecule has 4 rings (SSSR count). The lowest BCUT2D eigenvalue weighted by molar-refractivity contribution is -0.143. The third-order valence-corrected chi connectivity index (χ3v) is 6.30. The van der Waals surface area contributed by atoms with E-state index in [2.05, 4.69) is 12.1 Å². The van der Waals surface area contributed by atoms with E-state index in [9.17, 15) is 15.0 Å². The molecule has 2 N–H and O–H groups in total. The van der Waals surface area contributed by atoms with Crippen LogP contribution in [0, 0.1) is 5.92 Å². The molecule has 4 nitrogen and oxygen atoms in total. The lowest BCUT2D eigenvalue weighted by Crippen LogP contribution is -2.33. The fraction of sp³-hybridized carbons (Fsp3) is 0.435. The fourth-order valence-electron chi connectivity index (χ4n) is 4.59. The van der Waals surface area contributed by atoms with Gasteiger partial charge in [0.1, 0.15) is 5.75 Å². The van der Waals surface area contributed by atoms with Gasteiger partial charge in [0.25, 0.3) is 0 Å². The highest BCUT2D eigenvalue weighted by atomic mass is 16.5. The number of aliphatic carboxylic acids is 1. The van der Waals surface area contributed by atoms with Crippen molar-refractivity contribution in [1.29, 1.82) is 0 Å². The van der Waals surface area contributed by atoms with E-state index in [1.54, 1.807) is 0 Å². The Kier molecular flexibility index (Phi) is 4.92. The summed E-state index contributed by atoms with van der Waals surface area (Å²) in [7, 11) is 0. The van der Waals surface area contributed by atoms with Crippen LogP contribution in [0.25, 0.3) is 0 Å². The number of rotatable bonds is 5. The molecule has 0 bridgehead atoms. The van der Waals surface area contributed by atoms with Crippen LogP contribution in [0.1, 0.15) is 54.9 Å². The van der Waals surface area contributed by atoms with Crippen LogP contribution in [-0.2, 0) is 16.6 Å². The average molecular weight is 366 g/mol. The Labute approximate surface area is 159 Å². The van der Waals surface area contributed by atoms with Crippen LogP contribution in [-0.4, -0.2) is 22.8 Å². The Hall–Kier alpha value is -2.33. The molecule has 2 aliphatic rings. The van der Waals surface area contributed by atoms with Gasteiger partial charge < -0.3 is 14.9 Å². The van der Waals surface area contributed by atoms with Gasteiger partial charge in [-0.15, -0.1) is 0 Å². The second-order valence-electron chi connectivity index (χ2n) is 7.89. The average Bonchev–Trinajstić information content (AvgIpc) is 3.19. The minimum Gasteiger partial charge on any atom is -0.493 e. The van der Waals surface area contributed by atoms with Gasteiger partial charge in [-0.3, -0.25) is 4.79 Å². The largest absolute Gasteiger partial charge is 0.493 e. The van der Waals surface area contributed by atoms with E-state index < -0.39 is 17.5 Å². The molecular formula is C23H26O4. The summed E-state index contributed by atoms with van der Waals surface area (Å²) >= 11 is 0. The smallest absolute Gasteiger partial charge is 0.314 e. The number of carbonyl (C=O) groups is 1. The van der Waals surface area contributed by atoms with Gasteiger partial charge in [-0.25, -0.2) is 0 Å². The quantitative estimate of drug-likeness (QED) is 0.830. The van der Waals surface area contributed by atoms with Crippen molar-refractivity contribution < 1.29 is 19.7 Å². The van der Waals surface area contributed by atoms with Crippen molar-refractivity contribution in [2.24, 2.45) is 5.92 Å². The van der Waals surface area contributed by atoms with Crippen molar-refractivity contribution >= 4 is 5.97 Å². The topological polar surface area (TPSA) is 66.8 Å². The standard InChI is InChI=1S/C23H26O4/c24-21-17(9-8-16-6-2-1-3-7-16)15-27-20-14-18(10-11-19(20)21)23(22(25)26)12-4-5-13-23/h1-3,6-7,10-11,14,17,21,24H,4-5,8-9,12-13,15H2,(H,25,26)/t17-,21+/m0/s1. The molecule has 4 heteroatoms. The Balaban J connectivity index is 1.52. The summed E-state index contributed by atoms with van der Waals surface area (Å²) in [5, 5.41) is 20.6. The van der Waals surface area contributed by atoms with Gasteiger partial charge in [-0.2, -0.15) is 0 Å². The Morgan fingerprint density at radius 2 is 1.85 bits per heavy atom. The van der Waals surface area contributed by atoms with E-state index in [1.807, 2.05) is 36.4 Å². The van der Waals surface area contributed by atoms with Crippen LogP contribution in [0.4, 0.5) is 0 Å². The normalized spacial score (nSPS) is 23.4. The summed E-state index contributed by atoms with van der Waals surface area (Å²) in [5.41, 5.74) is 2.05. The van der Waals surface area contributed by atoms with E-state index in [1.165, 1.54) is 5.56 Å². The van der Waals surface area contributed by atoms with Gasteiger partial charge in [0.2, 0.25) is 0 Å². The van der Waals surface area contributed by atoms with E-state index in [4.69, 9.17) is 4.74 Å². The summed E-state index contributed by atoms with van der Waals surface area (Å²) < 4.78 is 5.97. The maximum absolute atomic E-state index is 11.9. The fourth-order valence-corrected chi connectivity index (χ4v) is 4.59. The lowest BCUT2D eigenvalue weighted by Gasteiger charge is -2.32. The molecule has 2 aromatic rings. The van der Waals surface area contributed by atoms with E-state index >= 15 is 0 Å². The van der Waals surface area contributed by atoms with Crippen molar-refractivity contribution in [1.82, 2.24) is 0 Å². The molecule has 0 radical (unpaired) electrons. The summed E-state index contributed by atoms with van der Waals surface area (Å²) in [5.74, 6) is -0.0657. The van der Waals surface area contributed by atoms with Crippen molar-refractivity contribution in [3.63, 3.8) is 0 Å². The monoisotopic (exact) mass is 366 g/mol. The van der Waals surface area contributed by atoms with Crippen LogP contribution < -0.4 is 4.74 Å². The first-order chi connectivity index (χ1) is 13.1. The molecule has 1 aliphatic carbocycles. The van der Waals surface area contributed by atoms with Crippen molar-refractivity contribution in [2.75, 3.05) is 6.61 Å². The summed E-state index contributed by atoms with van der Waals surface area (Å²) in [6.45, 7) is 0.463. The molecule has 27 heavy (non-hydrogen) atoms. The number of hydrogen-bond acceptors (Lipinski definition) is 3. The Morgan fingerprint density at radius 1 is 1.11 bits per heavy atom. The van der Waals surface area contributed by atoms with Gasteiger partial charge in [-0.1, -0.05) is 55.3 Å². The predicted octanol–water partition coefficient (Wildman–Crippen LogP) is 4.26. The first-order valence-electron chi connectivity index (χ1n) is 9.83. The number of carboxylic acid groups (broad SMARTS) is 1. The van der Waals surface area contributed by atoms with Gasteiger partial charge in [0, 0.05) is 11.5 Å². The highest BCUT2D eigenvalue weighted by molar-refractivity contribution is 5.82. The van der Waals surface area contributed by atoms with Crippen molar-refractivity contribution in [2.45, 2.75) is 50.0 Å². The molecule has 0 spiro atoms. The summed E-state index contributed by atoms with van der Waals surface area (Å²) in [4.78, 5) is 11.9. The Bertz CT molecular complexity index is 808. The molecule has 2 atom stereocenters. The summed E-state index contributed by atoms with van der Waals surface area (Å²) in [6, 6.07) is 15.9. The van der Waals surface area contributed by atoms with E-state index in [0.717, 1.165) is 36.8 Å². The van der Waals surface area contributed by atoms with Gasteiger partial charge in [0.15, 0.2) is 0 Å². The first-order valence-corrected chi connectivity index (χ1v) is 9.83. The molecule has 0 amide bonds. The molecule has 0 unspecified atom stereocenters. The van der Waals surface area contributed by atoms with Crippen molar-refractivity contribution in [3.05, 3.63) is 65.2 Å². The third-order valence-electron chi connectivity index (χ3n) is 6.30. The van der Waals surface area contributed by atoms with Crippen LogP contribution in [0.5, 0.6) is 5.75 Å². The second kappa shape index (κ2) is 7.35. The number of ether oxygens (including phenoxy) is 1. The number of fused-ring (bicyclic) bond motifs is 1. The zero-order valence-electron chi connectivity index (χ0n) is 15.4. The molecule has 1 heterocycles. The Morgan fingerprint density at radius 3 is 2.56 bits per heavy atom. The second-order valence-corrected chi connectivity index (χ2v) is 7.89. The molecular weight excluding hydrogens is 340 g/mol. The third kappa shape index (κ3) is 3.34. The minimum atomic E-state index is -0.798. The number of aliphatic hydroxyl groups excluding tert-OH is 1. The van der Waals surface area contributed by atoms with Crippen LogP contribution in [0.15, 0.2) is 48.5 Å². The zero-order chi connectivity index (χ0) is 18.9. The number of carboxylic acids is 1. The molecule has 1 fully saturated rings. The van der Waals surface area contributed by atoms with Crippen LogP contribution >= 0.6 is 0 Å². The van der Waals surface area contributed by atoms with Gasteiger partial charge in [0.05, 0.1) is 18.1 Å². The molecule has 0 aromatic heterocycles. The molecule has 2 aromatic carbocycles. The highest BCUT2D eigenvalue weighted by Crippen LogP contribution is 2.45. The maximum Gasteiger partial charge on any atom is 0.314 e. The van der Waals surface area contributed by atoms with E-state index in [-0.39, 0.29) is 5.92 Å². The van der Waals surface area contributed by atoms with Gasteiger partial charge in [-0.05, 0) is 42.9 Å². The number of aliphatic hydroxyl groups is 1. The number of hydrogen-bond donors (Lipinski definition) is 2. The van der Waals surface area contributed by atoms with Crippen LogP contribution in [0.2, 0.25) is 0 Å². The van der Waals surface area contributed by atoms with Crippen LogP contribution in [0.3, 0.4) is 0 Å². The minimum absolute atomic E-state index is 0.0449. The SMILES string of the molecule is O=C(O)C1(c2ccc3c(c2)OC[C@H](CCc2ccccc2)[C@H]3O)CCCC1. The van der Waals surface area contributed by atoms with E-state index in [0.29, 0.717) is 25.2 Å². The molecule has 1 aliphatic heterocycles.